The molecule has 0 bridgehead atoms. The fraction of sp³-hybridized carbons (Fsp3) is 0.455. The average molecular weight is 221 g/mol. The quantitative estimate of drug-likeness (QED) is 0.398. The number of carbonyl (C=O) groups excluding carboxylic acids is 1. The van der Waals surface area contributed by atoms with E-state index in [-0.39, 0.29) is 6.04 Å². The van der Waals surface area contributed by atoms with E-state index in [9.17, 15) is 9.70 Å². The number of nitroso groups, excluding NO2 is 1. The van der Waals surface area contributed by atoms with Crippen LogP contribution in [0.15, 0.2) is 29.8 Å². The van der Waals surface area contributed by atoms with Crippen molar-refractivity contribution in [2.75, 3.05) is 7.05 Å². The maximum absolute atomic E-state index is 10.5. The van der Waals surface area contributed by atoms with Crippen LogP contribution in [0, 0.1) is 4.91 Å². The summed E-state index contributed by atoms with van der Waals surface area (Å²) in [6.45, 7) is 0. The van der Waals surface area contributed by atoms with Crippen LogP contribution in [0.2, 0.25) is 0 Å². The van der Waals surface area contributed by atoms with Crippen molar-refractivity contribution in [3.05, 3.63) is 35.0 Å². The van der Waals surface area contributed by atoms with E-state index in [0.717, 1.165) is 11.8 Å². The maximum atomic E-state index is 10.5. The normalized spacial score (nSPS) is 11.8. The van der Waals surface area contributed by atoms with Crippen LogP contribution in [-0.2, 0) is 11.2 Å². The van der Waals surface area contributed by atoms with Gasteiger partial charge in [-0.1, -0.05) is 6.07 Å². The molecule has 1 heterocycles. The van der Waals surface area contributed by atoms with Gasteiger partial charge in [-0.05, 0) is 24.5 Å². The summed E-state index contributed by atoms with van der Waals surface area (Å²) in [5.74, 6) is 0. The predicted molar refractivity (Wildman–Crippen MR) is 60.6 cm³/mol. The highest BCUT2D eigenvalue weighted by atomic mass is 16.3. The van der Waals surface area contributed by atoms with Crippen LogP contribution in [0.3, 0.4) is 0 Å². The van der Waals surface area contributed by atoms with Gasteiger partial charge in [0.1, 0.15) is 6.29 Å². The van der Waals surface area contributed by atoms with E-state index < -0.39 is 0 Å². The highest BCUT2D eigenvalue weighted by Gasteiger charge is 2.14. The van der Waals surface area contributed by atoms with Crippen molar-refractivity contribution >= 4 is 6.29 Å². The molecule has 1 atom stereocenters. The zero-order valence-corrected chi connectivity index (χ0v) is 9.24. The Balaban J connectivity index is 2.62. The van der Waals surface area contributed by atoms with E-state index in [4.69, 9.17) is 0 Å². The summed E-state index contributed by atoms with van der Waals surface area (Å²) in [7, 11) is 1.62. The first-order valence-corrected chi connectivity index (χ1v) is 5.16. The third-order valence-electron chi connectivity index (χ3n) is 2.47. The van der Waals surface area contributed by atoms with Crippen molar-refractivity contribution in [3.8, 4) is 0 Å². The van der Waals surface area contributed by atoms with Crippen molar-refractivity contribution in [1.29, 1.82) is 0 Å². The molecule has 0 aliphatic carbocycles. The van der Waals surface area contributed by atoms with E-state index in [0.29, 0.717) is 19.3 Å². The second-order valence-corrected chi connectivity index (χ2v) is 3.62. The summed E-state index contributed by atoms with van der Waals surface area (Å²) in [6, 6.07) is 3.74. The summed E-state index contributed by atoms with van der Waals surface area (Å²) >= 11 is 0. The van der Waals surface area contributed by atoms with Crippen LogP contribution < -0.4 is 0 Å². The highest BCUT2D eigenvalue weighted by molar-refractivity contribution is 5.49. The molecule has 0 radical (unpaired) electrons. The monoisotopic (exact) mass is 221 g/mol. The van der Waals surface area contributed by atoms with Gasteiger partial charge in [0.25, 0.3) is 0 Å². The molecule has 0 fully saturated rings. The number of hydrogen-bond donors (Lipinski definition) is 0. The Morgan fingerprint density at radius 3 is 3.00 bits per heavy atom. The molecular weight excluding hydrogens is 206 g/mol. The Kier molecular flexibility index (Phi) is 5.11. The molecule has 1 rings (SSSR count). The molecule has 0 amide bonds. The second kappa shape index (κ2) is 6.66. The van der Waals surface area contributed by atoms with E-state index in [1.807, 2.05) is 12.1 Å². The van der Waals surface area contributed by atoms with Crippen LogP contribution in [0.25, 0.3) is 0 Å². The third-order valence-corrected chi connectivity index (χ3v) is 2.47. The van der Waals surface area contributed by atoms with E-state index in [1.54, 1.807) is 19.4 Å². The van der Waals surface area contributed by atoms with Crippen LogP contribution >= 0.6 is 0 Å². The van der Waals surface area contributed by atoms with Crippen LogP contribution in [0.4, 0.5) is 0 Å². The first kappa shape index (κ1) is 12.3. The molecule has 5 heteroatoms. The molecule has 0 saturated carbocycles. The number of nitrogens with zero attached hydrogens (tertiary/aromatic N) is 3. The van der Waals surface area contributed by atoms with Gasteiger partial charge in [-0.3, -0.25) is 9.99 Å². The molecule has 0 aliphatic heterocycles. The SMILES string of the molecule is CN(N=O)[C@@H](CCC=O)Cc1cccnc1. The molecule has 1 aromatic rings. The van der Waals surface area contributed by atoms with Gasteiger partial charge >= 0.3 is 0 Å². The summed E-state index contributed by atoms with van der Waals surface area (Å²) in [6.07, 6.45) is 6.04. The minimum Gasteiger partial charge on any atom is -0.303 e. The van der Waals surface area contributed by atoms with Gasteiger partial charge in [-0.15, -0.1) is 4.91 Å². The minimum atomic E-state index is -0.0492. The predicted octanol–water partition coefficient (Wildman–Crippen LogP) is 1.58. The van der Waals surface area contributed by atoms with Gasteiger partial charge in [0.15, 0.2) is 0 Å². The number of likely N-dealkylation sites (N-methyl/N-ethyl adjacent to an activating group) is 1. The lowest BCUT2D eigenvalue weighted by molar-refractivity contribution is -0.108. The molecule has 0 unspecified atom stereocenters. The van der Waals surface area contributed by atoms with E-state index >= 15 is 0 Å². The van der Waals surface area contributed by atoms with Gasteiger partial charge in [0.05, 0.1) is 11.3 Å². The molecule has 86 valence electrons. The Morgan fingerprint density at radius 2 is 2.44 bits per heavy atom. The van der Waals surface area contributed by atoms with Gasteiger partial charge in [0, 0.05) is 25.9 Å². The number of aldehydes is 1. The average Bonchev–Trinajstić information content (AvgIpc) is 2.34. The van der Waals surface area contributed by atoms with Gasteiger partial charge in [-0.2, -0.15) is 0 Å². The lowest BCUT2D eigenvalue weighted by Gasteiger charge is -2.21. The van der Waals surface area contributed by atoms with Crippen molar-refractivity contribution in [3.63, 3.8) is 0 Å². The summed E-state index contributed by atoms with van der Waals surface area (Å²) in [5, 5.41) is 4.24. The summed E-state index contributed by atoms with van der Waals surface area (Å²) in [5.41, 5.74) is 1.04. The molecule has 1 aromatic heterocycles. The first-order chi connectivity index (χ1) is 7.77. The Morgan fingerprint density at radius 1 is 1.62 bits per heavy atom. The molecule has 0 aliphatic rings. The molecule has 5 nitrogen and oxygen atoms in total. The largest absolute Gasteiger partial charge is 0.303 e. The first-order valence-electron chi connectivity index (χ1n) is 5.16. The van der Waals surface area contributed by atoms with E-state index in [1.165, 1.54) is 5.01 Å². The zero-order valence-electron chi connectivity index (χ0n) is 9.24. The van der Waals surface area contributed by atoms with Gasteiger partial charge in [-0.25, -0.2) is 0 Å². The number of carbonyl (C=O) groups is 1. The van der Waals surface area contributed by atoms with Crippen LogP contribution in [-0.4, -0.2) is 29.4 Å². The van der Waals surface area contributed by atoms with Crippen molar-refractivity contribution < 1.29 is 4.79 Å². The lowest BCUT2D eigenvalue weighted by atomic mass is 10.0. The van der Waals surface area contributed by atoms with E-state index in [2.05, 4.69) is 10.3 Å². The third kappa shape index (κ3) is 3.76. The topological polar surface area (TPSA) is 62.6 Å². The lowest BCUT2D eigenvalue weighted by Crippen LogP contribution is -2.29. The zero-order chi connectivity index (χ0) is 11.8. The van der Waals surface area contributed by atoms with Gasteiger partial charge < -0.3 is 4.79 Å². The fourth-order valence-corrected chi connectivity index (χ4v) is 1.54. The summed E-state index contributed by atoms with van der Waals surface area (Å²) < 4.78 is 0. The standard InChI is InChI=1S/C11H15N3O2/c1-14(13-16)11(5-3-7-15)8-10-4-2-6-12-9-10/h2,4,6-7,9,11H,3,5,8H2,1H3/t11-/m0/s1. The number of hydrogen-bond acceptors (Lipinski definition) is 4. The fourth-order valence-electron chi connectivity index (χ4n) is 1.54. The molecule has 0 spiro atoms. The number of aromatic nitrogens is 1. The Bertz CT molecular complexity index is 329. The van der Waals surface area contributed by atoms with Crippen molar-refractivity contribution in [1.82, 2.24) is 9.99 Å². The van der Waals surface area contributed by atoms with Gasteiger partial charge in [0.2, 0.25) is 0 Å². The smallest absolute Gasteiger partial charge is 0.120 e. The molecule has 0 N–H and O–H groups in total. The molecule has 0 saturated heterocycles. The second-order valence-electron chi connectivity index (χ2n) is 3.62. The number of rotatable bonds is 7. The van der Waals surface area contributed by atoms with Crippen LogP contribution in [0.1, 0.15) is 18.4 Å². The minimum absolute atomic E-state index is 0.0492. The van der Waals surface area contributed by atoms with Crippen molar-refractivity contribution in [2.45, 2.75) is 25.3 Å². The highest BCUT2D eigenvalue weighted by Crippen LogP contribution is 2.11. The molecular formula is C11H15N3O2. The van der Waals surface area contributed by atoms with Crippen LogP contribution in [0.5, 0.6) is 0 Å². The molecule has 16 heavy (non-hydrogen) atoms. The Labute approximate surface area is 94.4 Å². The number of pyridine rings is 1. The Hall–Kier alpha value is -1.78. The molecule has 0 aromatic carbocycles. The van der Waals surface area contributed by atoms with Crippen molar-refractivity contribution in [2.24, 2.45) is 5.29 Å². The summed E-state index contributed by atoms with van der Waals surface area (Å²) in [4.78, 5) is 24.8. The maximum Gasteiger partial charge on any atom is 0.120 e.